The summed E-state index contributed by atoms with van der Waals surface area (Å²) in [6.45, 7) is 1.98. The fraction of sp³-hybridized carbons (Fsp3) is 0.286. The van der Waals surface area contributed by atoms with E-state index in [0.717, 1.165) is 0 Å². The van der Waals surface area contributed by atoms with Crippen LogP contribution in [0.4, 0.5) is 5.95 Å². The first-order valence-corrected chi connectivity index (χ1v) is 8.53. The van der Waals surface area contributed by atoms with Gasteiger partial charge in [0.1, 0.15) is 5.75 Å². The number of hydrogen-bond donors (Lipinski definition) is 1. The molecule has 0 saturated carbocycles. The molecule has 1 N–H and O–H groups in total. The average molecular weight is 320 g/mol. The minimum Gasteiger partial charge on any atom is -0.413 e. The van der Waals surface area contributed by atoms with E-state index >= 15 is 0 Å². The number of nitrogens with zero attached hydrogens (tertiary/aromatic N) is 4. The Morgan fingerprint density at radius 1 is 1.00 bits per heavy atom. The Morgan fingerprint density at radius 2 is 1.64 bits per heavy atom. The lowest BCUT2D eigenvalue weighted by Crippen LogP contribution is -2.46. The first-order chi connectivity index (χ1) is 10.6. The van der Waals surface area contributed by atoms with Crippen LogP contribution < -0.4 is 9.42 Å². The Hall–Kier alpha value is -1.95. The summed E-state index contributed by atoms with van der Waals surface area (Å²) in [6.07, 6.45) is 3.37. The van der Waals surface area contributed by atoms with Gasteiger partial charge in [0.2, 0.25) is 5.95 Å². The molecule has 1 aromatic carbocycles. The number of aromatic nitrogens is 2. The molecule has 1 atom stereocenters. The van der Waals surface area contributed by atoms with Crippen molar-refractivity contribution in [2.24, 2.45) is 0 Å². The third-order valence-electron chi connectivity index (χ3n) is 3.42. The van der Waals surface area contributed by atoms with E-state index in [1.54, 1.807) is 42.7 Å². The molecule has 8 heteroatoms. The van der Waals surface area contributed by atoms with Gasteiger partial charge in [0, 0.05) is 38.6 Å². The molecule has 1 unspecified atom stereocenters. The van der Waals surface area contributed by atoms with Gasteiger partial charge in [0.05, 0.1) is 0 Å². The summed E-state index contributed by atoms with van der Waals surface area (Å²) in [5, 5.41) is 0. The first-order valence-electron chi connectivity index (χ1n) is 7.00. The van der Waals surface area contributed by atoms with Crippen LogP contribution in [0.25, 0.3) is 0 Å². The standard InChI is InChI=1S/C14H17N4O3P/c19-22(20,21-13-5-2-1-3-6-13)18-11-9-17(10-12-18)14-15-7-4-8-16-14/h1-8H,9-12H2,(H,19,20). The van der Waals surface area contributed by atoms with Crippen molar-refractivity contribution in [3.8, 4) is 5.75 Å². The lowest BCUT2D eigenvalue weighted by Gasteiger charge is -2.35. The topological polar surface area (TPSA) is 78.8 Å². The van der Waals surface area contributed by atoms with Crippen LogP contribution in [0.5, 0.6) is 5.75 Å². The molecule has 1 aliphatic heterocycles. The Morgan fingerprint density at radius 3 is 2.27 bits per heavy atom. The van der Waals surface area contributed by atoms with E-state index in [0.29, 0.717) is 37.9 Å². The smallest absolute Gasteiger partial charge is 0.413 e. The zero-order chi connectivity index (χ0) is 15.4. The Labute approximate surface area is 128 Å². The van der Waals surface area contributed by atoms with Crippen LogP contribution in [0, 0.1) is 0 Å². The monoisotopic (exact) mass is 320 g/mol. The van der Waals surface area contributed by atoms with Gasteiger partial charge in [0.15, 0.2) is 0 Å². The molecule has 0 spiro atoms. The van der Waals surface area contributed by atoms with Crippen molar-refractivity contribution >= 4 is 13.7 Å². The van der Waals surface area contributed by atoms with Gasteiger partial charge < -0.3 is 14.3 Å². The summed E-state index contributed by atoms with van der Waals surface area (Å²) in [5.74, 6) is 1.03. The van der Waals surface area contributed by atoms with Gasteiger partial charge in [0.25, 0.3) is 0 Å². The Kier molecular flexibility index (Phi) is 4.38. The van der Waals surface area contributed by atoms with E-state index in [-0.39, 0.29) is 0 Å². The summed E-state index contributed by atoms with van der Waals surface area (Å²) < 4.78 is 19.1. The fourth-order valence-corrected chi connectivity index (χ4v) is 3.48. The molecule has 1 aromatic heterocycles. The molecule has 0 bridgehead atoms. The quantitative estimate of drug-likeness (QED) is 0.860. The van der Waals surface area contributed by atoms with Crippen molar-refractivity contribution in [1.82, 2.24) is 14.6 Å². The number of anilines is 1. The molecule has 22 heavy (non-hydrogen) atoms. The van der Waals surface area contributed by atoms with Crippen LogP contribution in [-0.4, -0.2) is 45.7 Å². The predicted molar refractivity (Wildman–Crippen MR) is 82.7 cm³/mol. The second-order valence-electron chi connectivity index (χ2n) is 4.88. The largest absolute Gasteiger partial charge is 0.458 e. The lowest BCUT2D eigenvalue weighted by atomic mass is 10.3. The maximum absolute atomic E-state index is 12.4. The highest BCUT2D eigenvalue weighted by atomic mass is 31.2. The Balaban J connectivity index is 1.62. The van der Waals surface area contributed by atoms with Gasteiger partial charge in [-0.3, -0.25) is 0 Å². The van der Waals surface area contributed by atoms with E-state index in [2.05, 4.69) is 9.97 Å². The lowest BCUT2D eigenvalue weighted by molar-refractivity contribution is 0.266. The molecule has 3 rings (SSSR count). The van der Waals surface area contributed by atoms with Gasteiger partial charge in [-0.2, -0.15) is 4.67 Å². The Bertz CT molecular complexity index is 648. The maximum Gasteiger partial charge on any atom is 0.458 e. The van der Waals surface area contributed by atoms with Crippen molar-refractivity contribution in [1.29, 1.82) is 0 Å². The third-order valence-corrected chi connectivity index (χ3v) is 4.98. The van der Waals surface area contributed by atoms with E-state index in [4.69, 9.17) is 4.52 Å². The van der Waals surface area contributed by atoms with Crippen LogP contribution in [0.2, 0.25) is 0 Å². The van der Waals surface area contributed by atoms with Crippen LogP contribution >= 0.6 is 7.75 Å². The molecule has 1 aliphatic rings. The van der Waals surface area contributed by atoms with Crippen molar-refractivity contribution in [3.05, 3.63) is 48.8 Å². The van der Waals surface area contributed by atoms with E-state index in [1.165, 1.54) is 4.67 Å². The predicted octanol–water partition coefficient (Wildman–Crippen LogP) is 1.78. The normalized spacial score (nSPS) is 18.7. The molecular weight excluding hydrogens is 303 g/mol. The van der Waals surface area contributed by atoms with E-state index in [1.807, 2.05) is 11.0 Å². The third kappa shape index (κ3) is 3.44. The number of benzene rings is 1. The minimum absolute atomic E-state index is 0.391. The van der Waals surface area contributed by atoms with Gasteiger partial charge in [-0.1, -0.05) is 18.2 Å². The molecular formula is C14H17N4O3P. The second-order valence-corrected chi connectivity index (χ2v) is 6.61. The molecule has 1 saturated heterocycles. The molecule has 116 valence electrons. The maximum atomic E-state index is 12.4. The van der Waals surface area contributed by atoms with Crippen LogP contribution in [0.3, 0.4) is 0 Å². The number of piperazine rings is 1. The van der Waals surface area contributed by atoms with Crippen LogP contribution in [0.15, 0.2) is 48.8 Å². The van der Waals surface area contributed by atoms with Gasteiger partial charge in [-0.15, -0.1) is 0 Å². The van der Waals surface area contributed by atoms with Crippen LogP contribution in [-0.2, 0) is 4.57 Å². The first kappa shape index (κ1) is 15.0. The van der Waals surface area contributed by atoms with Crippen molar-refractivity contribution in [3.63, 3.8) is 0 Å². The second kappa shape index (κ2) is 6.44. The number of rotatable bonds is 4. The molecule has 7 nitrogen and oxygen atoms in total. The van der Waals surface area contributed by atoms with Crippen LogP contribution in [0.1, 0.15) is 0 Å². The van der Waals surface area contributed by atoms with Crippen molar-refractivity contribution < 1.29 is 14.0 Å². The fourth-order valence-electron chi connectivity index (χ4n) is 2.28. The molecule has 2 heterocycles. The minimum atomic E-state index is -3.84. The highest BCUT2D eigenvalue weighted by Crippen LogP contribution is 2.46. The number of para-hydroxylation sites is 1. The zero-order valence-corrected chi connectivity index (χ0v) is 12.8. The van der Waals surface area contributed by atoms with Gasteiger partial charge in [-0.05, 0) is 18.2 Å². The van der Waals surface area contributed by atoms with Gasteiger partial charge in [-0.25, -0.2) is 14.5 Å². The van der Waals surface area contributed by atoms with Crippen molar-refractivity contribution in [2.75, 3.05) is 31.1 Å². The highest BCUT2D eigenvalue weighted by molar-refractivity contribution is 7.50. The van der Waals surface area contributed by atoms with E-state index < -0.39 is 7.75 Å². The molecule has 1 fully saturated rings. The molecule has 0 amide bonds. The summed E-state index contributed by atoms with van der Waals surface area (Å²) >= 11 is 0. The molecule has 0 radical (unpaired) electrons. The van der Waals surface area contributed by atoms with Crippen molar-refractivity contribution in [2.45, 2.75) is 0 Å². The average Bonchev–Trinajstić information content (AvgIpc) is 2.56. The summed E-state index contributed by atoms with van der Waals surface area (Å²) in [6, 6.07) is 10.4. The zero-order valence-electron chi connectivity index (χ0n) is 11.9. The SMILES string of the molecule is O=P(O)(Oc1ccccc1)N1CCN(c2ncccn2)CC1. The molecule has 2 aromatic rings. The summed E-state index contributed by atoms with van der Waals surface area (Å²) in [5.41, 5.74) is 0. The molecule has 0 aliphatic carbocycles. The summed E-state index contributed by atoms with van der Waals surface area (Å²) in [4.78, 5) is 20.5. The van der Waals surface area contributed by atoms with Gasteiger partial charge >= 0.3 is 7.75 Å². The summed E-state index contributed by atoms with van der Waals surface area (Å²) in [7, 11) is -3.84. The number of hydrogen-bond acceptors (Lipinski definition) is 5. The van der Waals surface area contributed by atoms with E-state index in [9.17, 15) is 9.46 Å². The highest BCUT2D eigenvalue weighted by Gasteiger charge is 2.34.